The van der Waals surface area contributed by atoms with Crippen LogP contribution in [-0.2, 0) is 9.84 Å². The van der Waals surface area contributed by atoms with Crippen molar-refractivity contribution < 1.29 is 8.42 Å². The Morgan fingerprint density at radius 2 is 2.29 bits per heavy atom. The van der Waals surface area contributed by atoms with Crippen molar-refractivity contribution >= 4 is 9.84 Å². The Morgan fingerprint density at radius 1 is 1.47 bits per heavy atom. The van der Waals surface area contributed by atoms with Crippen molar-refractivity contribution in [1.29, 1.82) is 0 Å². The Morgan fingerprint density at radius 3 is 2.94 bits per heavy atom. The molecule has 0 spiro atoms. The molecule has 1 atom stereocenters. The quantitative estimate of drug-likeness (QED) is 0.805. The molecule has 0 amide bonds. The first kappa shape index (κ1) is 12.4. The number of sulfone groups is 1. The first-order chi connectivity index (χ1) is 8.08. The van der Waals surface area contributed by atoms with Crippen LogP contribution in [0, 0.1) is 6.92 Å². The molecular weight excluding hydrogens is 238 g/mol. The highest BCUT2D eigenvalue weighted by molar-refractivity contribution is 7.91. The van der Waals surface area contributed by atoms with Gasteiger partial charge in [-0.15, -0.1) is 0 Å². The molecule has 1 aliphatic heterocycles. The van der Waals surface area contributed by atoms with Crippen molar-refractivity contribution in [2.24, 2.45) is 0 Å². The lowest BCUT2D eigenvalue weighted by Gasteiger charge is -2.22. The molecule has 1 aromatic heterocycles. The lowest BCUT2D eigenvalue weighted by Crippen LogP contribution is -2.39. The Hall–Kier alpha value is -1.01. The molecule has 94 valence electrons. The number of nitrogens with one attached hydrogen (secondary N) is 1. The summed E-state index contributed by atoms with van der Waals surface area (Å²) >= 11 is 0. The maximum atomic E-state index is 12.1. The van der Waals surface area contributed by atoms with Gasteiger partial charge in [-0.2, -0.15) is 0 Å². The summed E-state index contributed by atoms with van der Waals surface area (Å²) in [7, 11) is -3.37. The second-order valence-corrected chi connectivity index (χ2v) is 6.34. The van der Waals surface area contributed by atoms with Crippen molar-refractivity contribution in [2.45, 2.75) is 37.4 Å². The predicted octanol–water partition coefficient (Wildman–Crippen LogP) is 0.701. The summed E-state index contributed by atoms with van der Waals surface area (Å²) in [5.74, 6) is 0.0937. The molecule has 0 unspecified atom stereocenters. The zero-order chi connectivity index (χ0) is 12.3. The standard InChI is InChI=1S/C11H17N3O2S/c1-9-5-7-13-11(14-9)17(15,16)8-10-4-2-3-6-12-10/h5,7,10,12H,2-4,6,8H2,1H3/t10-/m1/s1. The highest BCUT2D eigenvalue weighted by Gasteiger charge is 2.24. The summed E-state index contributed by atoms with van der Waals surface area (Å²) in [5.41, 5.74) is 0.676. The maximum absolute atomic E-state index is 12.1. The molecule has 0 aliphatic carbocycles. The lowest BCUT2D eigenvalue weighted by atomic mass is 10.1. The summed E-state index contributed by atoms with van der Waals surface area (Å²) in [6.07, 6.45) is 4.61. The van der Waals surface area contributed by atoms with Gasteiger partial charge in [0.05, 0.1) is 5.75 Å². The van der Waals surface area contributed by atoms with E-state index >= 15 is 0 Å². The van der Waals surface area contributed by atoms with Gasteiger partial charge in [0.2, 0.25) is 15.0 Å². The van der Waals surface area contributed by atoms with Crippen LogP contribution in [0.2, 0.25) is 0 Å². The fraction of sp³-hybridized carbons (Fsp3) is 0.636. The summed E-state index contributed by atoms with van der Waals surface area (Å²) in [6, 6.07) is 1.73. The molecule has 0 bridgehead atoms. The number of piperidine rings is 1. The van der Waals surface area contributed by atoms with Crippen LogP contribution in [0.4, 0.5) is 0 Å². The van der Waals surface area contributed by atoms with E-state index in [9.17, 15) is 8.42 Å². The van der Waals surface area contributed by atoms with Crippen LogP contribution in [0.3, 0.4) is 0 Å². The first-order valence-corrected chi connectivity index (χ1v) is 7.49. The van der Waals surface area contributed by atoms with E-state index in [1.54, 1.807) is 13.0 Å². The van der Waals surface area contributed by atoms with Gasteiger partial charge in [-0.1, -0.05) is 6.42 Å². The molecule has 1 N–H and O–H groups in total. The lowest BCUT2D eigenvalue weighted by molar-refractivity contribution is 0.423. The van der Waals surface area contributed by atoms with Crippen LogP contribution in [-0.4, -0.2) is 36.7 Å². The zero-order valence-corrected chi connectivity index (χ0v) is 10.7. The summed E-state index contributed by atoms with van der Waals surface area (Å²) < 4.78 is 24.2. The van der Waals surface area contributed by atoms with Gasteiger partial charge < -0.3 is 5.32 Å². The van der Waals surface area contributed by atoms with E-state index in [0.717, 1.165) is 25.8 Å². The van der Waals surface area contributed by atoms with Gasteiger partial charge in [0, 0.05) is 17.9 Å². The molecule has 5 nitrogen and oxygen atoms in total. The van der Waals surface area contributed by atoms with Crippen LogP contribution in [0.1, 0.15) is 25.0 Å². The largest absolute Gasteiger partial charge is 0.313 e. The van der Waals surface area contributed by atoms with E-state index in [-0.39, 0.29) is 17.0 Å². The van der Waals surface area contributed by atoms with Crippen molar-refractivity contribution in [3.8, 4) is 0 Å². The van der Waals surface area contributed by atoms with Gasteiger partial charge in [-0.3, -0.25) is 0 Å². The Labute approximate surface area is 102 Å². The van der Waals surface area contributed by atoms with Crippen LogP contribution >= 0.6 is 0 Å². The average molecular weight is 255 g/mol. The van der Waals surface area contributed by atoms with Crippen molar-refractivity contribution in [3.05, 3.63) is 18.0 Å². The third kappa shape index (κ3) is 3.23. The van der Waals surface area contributed by atoms with E-state index in [0.29, 0.717) is 5.69 Å². The van der Waals surface area contributed by atoms with Crippen LogP contribution < -0.4 is 5.32 Å². The number of aromatic nitrogens is 2. The van der Waals surface area contributed by atoms with E-state index in [2.05, 4.69) is 15.3 Å². The third-order valence-electron chi connectivity index (χ3n) is 2.88. The zero-order valence-electron chi connectivity index (χ0n) is 9.89. The van der Waals surface area contributed by atoms with E-state index in [1.807, 2.05) is 0 Å². The molecule has 0 saturated carbocycles. The second-order valence-electron chi connectivity index (χ2n) is 4.41. The average Bonchev–Trinajstić information content (AvgIpc) is 2.30. The Bertz CT molecular complexity index is 481. The highest BCUT2D eigenvalue weighted by atomic mass is 32.2. The van der Waals surface area contributed by atoms with Crippen LogP contribution in [0.5, 0.6) is 0 Å². The van der Waals surface area contributed by atoms with Gasteiger partial charge in [0.1, 0.15) is 0 Å². The summed E-state index contributed by atoms with van der Waals surface area (Å²) in [4.78, 5) is 7.83. The molecule has 1 fully saturated rings. The molecule has 0 aromatic carbocycles. The van der Waals surface area contributed by atoms with Crippen LogP contribution in [0.15, 0.2) is 17.4 Å². The fourth-order valence-corrected chi connectivity index (χ4v) is 3.45. The monoisotopic (exact) mass is 255 g/mol. The third-order valence-corrected chi connectivity index (χ3v) is 4.48. The summed E-state index contributed by atoms with van der Waals surface area (Å²) in [6.45, 7) is 2.66. The van der Waals surface area contributed by atoms with Gasteiger partial charge in [0.15, 0.2) is 0 Å². The number of aryl methyl sites for hydroxylation is 1. The fourth-order valence-electron chi connectivity index (χ4n) is 1.98. The smallest absolute Gasteiger partial charge is 0.247 e. The van der Waals surface area contributed by atoms with Crippen LogP contribution in [0.25, 0.3) is 0 Å². The van der Waals surface area contributed by atoms with Crippen molar-refractivity contribution in [2.75, 3.05) is 12.3 Å². The van der Waals surface area contributed by atoms with E-state index in [1.165, 1.54) is 6.20 Å². The summed E-state index contributed by atoms with van der Waals surface area (Å²) in [5, 5.41) is 3.17. The number of hydrogen-bond acceptors (Lipinski definition) is 5. The maximum Gasteiger partial charge on any atom is 0.247 e. The molecule has 2 rings (SSSR count). The number of nitrogens with zero attached hydrogens (tertiary/aromatic N) is 2. The normalized spacial score (nSPS) is 21.4. The molecule has 1 aliphatic rings. The molecule has 2 heterocycles. The second kappa shape index (κ2) is 5.10. The first-order valence-electron chi connectivity index (χ1n) is 5.84. The SMILES string of the molecule is Cc1ccnc(S(=O)(=O)C[C@H]2CCCCN2)n1. The predicted molar refractivity (Wildman–Crippen MR) is 64.5 cm³/mol. The van der Waals surface area contributed by atoms with Gasteiger partial charge >= 0.3 is 0 Å². The molecule has 17 heavy (non-hydrogen) atoms. The number of rotatable bonds is 3. The number of hydrogen-bond donors (Lipinski definition) is 1. The minimum Gasteiger partial charge on any atom is -0.313 e. The van der Waals surface area contributed by atoms with Gasteiger partial charge in [0.25, 0.3) is 0 Å². The topological polar surface area (TPSA) is 72.0 Å². The molecule has 1 saturated heterocycles. The Kier molecular flexibility index (Phi) is 3.73. The van der Waals surface area contributed by atoms with Crippen molar-refractivity contribution in [1.82, 2.24) is 15.3 Å². The minimum absolute atomic E-state index is 0.0397. The van der Waals surface area contributed by atoms with Gasteiger partial charge in [-0.05, 0) is 32.4 Å². The van der Waals surface area contributed by atoms with Crippen molar-refractivity contribution in [3.63, 3.8) is 0 Å². The molecular formula is C11H17N3O2S. The van der Waals surface area contributed by atoms with E-state index < -0.39 is 9.84 Å². The molecule has 0 radical (unpaired) electrons. The van der Waals surface area contributed by atoms with E-state index in [4.69, 9.17) is 0 Å². The van der Waals surface area contributed by atoms with Gasteiger partial charge in [-0.25, -0.2) is 18.4 Å². The molecule has 6 heteroatoms. The minimum atomic E-state index is -3.37. The molecule has 1 aromatic rings. The highest BCUT2D eigenvalue weighted by Crippen LogP contribution is 2.13. The Balaban J connectivity index is 2.13.